The fourth-order valence-electron chi connectivity index (χ4n) is 1.31. The van der Waals surface area contributed by atoms with Gasteiger partial charge in [0.25, 0.3) is 0 Å². The lowest BCUT2D eigenvalue weighted by Gasteiger charge is -2.04. The summed E-state index contributed by atoms with van der Waals surface area (Å²) in [4.78, 5) is 15.5. The average Bonchev–Trinajstić information content (AvgIpc) is 2.32. The summed E-state index contributed by atoms with van der Waals surface area (Å²) in [6.07, 6.45) is 1.95. The van der Waals surface area contributed by atoms with Gasteiger partial charge in [-0.05, 0) is 20.1 Å². The van der Waals surface area contributed by atoms with Gasteiger partial charge >= 0.3 is 5.97 Å². The molecule has 0 amide bonds. The maximum absolute atomic E-state index is 11.2. The molecule has 17 heavy (non-hydrogen) atoms. The van der Waals surface area contributed by atoms with Gasteiger partial charge in [-0.2, -0.15) is 0 Å². The molecule has 0 unspecified atom stereocenters. The summed E-state index contributed by atoms with van der Waals surface area (Å²) in [7, 11) is 0. The zero-order valence-corrected chi connectivity index (χ0v) is 11.2. The van der Waals surface area contributed by atoms with Gasteiger partial charge in [0.2, 0.25) is 0 Å². The third kappa shape index (κ3) is 4.61. The van der Waals surface area contributed by atoms with Crippen LogP contribution in [0, 0.1) is 6.92 Å². The third-order valence-electron chi connectivity index (χ3n) is 2.15. The lowest BCUT2D eigenvalue weighted by molar-refractivity contribution is -0.141. The number of hydrogen-bond donors (Lipinski definition) is 0. The van der Waals surface area contributed by atoms with E-state index in [4.69, 9.17) is 4.74 Å². The van der Waals surface area contributed by atoms with Crippen LogP contribution in [0.15, 0.2) is 29.3 Å². The van der Waals surface area contributed by atoms with Crippen molar-refractivity contribution in [1.29, 1.82) is 0 Å². The topological polar surface area (TPSA) is 38.7 Å². The number of esters is 1. The Kier molecular flexibility index (Phi) is 5.77. The van der Waals surface area contributed by atoms with E-state index in [9.17, 15) is 4.79 Å². The number of rotatable bonds is 4. The average molecular weight is 251 g/mol. The van der Waals surface area contributed by atoms with Crippen LogP contribution in [0.1, 0.15) is 18.1 Å². The van der Waals surface area contributed by atoms with Crippen LogP contribution in [-0.2, 0) is 9.53 Å². The van der Waals surface area contributed by atoms with Crippen molar-refractivity contribution in [1.82, 2.24) is 0 Å². The van der Waals surface area contributed by atoms with Crippen molar-refractivity contribution in [2.45, 2.75) is 13.8 Å². The molecule has 0 radical (unpaired) electrons. The predicted molar refractivity (Wildman–Crippen MR) is 72.7 cm³/mol. The molecule has 4 heteroatoms. The van der Waals surface area contributed by atoms with Gasteiger partial charge in [-0.25, -0.2) is 0 Å². The van der Waals surface area contributed by atoms with E-state index in [0.29, 0.717) is 6.61 Å². The highest BCUT2D eigenvalue weighted by molar-refractivity contribution is 8.13. The van der Waals surface area contributed by atoms with Crippen molar-refractivity contribution in [3.05, 3.63) is 35.4 Å². The van der Waals surface area contributed by atoms with E-state index < -0.39 is 0 Å². The molecule has 1 aromatic carbocycles. The normalized spacial score (nSPS) is 11.4. The molecule has 0 N–H and O–H groups in total. The molecule has 0 atom stereocenters. The molecule has 92 valence electrons. The highest BCUT2D eigenvalue weighted by Crippen LogP contribution is 2.12. The number of ether oxygens (including phenoxy) is 1. The lowest BCUT2D eigenvalue weighted by atomic mass is 10.2. The molecular formula is C13H17NO2S. The molecule has 0 spiro atoms. The summed E-state index contributed by atoms with van der Waals surface area (Å²) in [6.45, 7) is 4.31. The van der Waals surface area contributed by atoms with Crippen molar-refractivity contribution in [3.8, 4) is 0 Å². The van der Waals surface area contributed by atoms with Crippen molar-refractivity contribution in [3.63, 3.8) is 0 Å². The highest BCUT2D eigenvalue weighted by atomic mass is 32.2. The Morgan fingerprint density at radius 1 is 1.35 bits per heavy atom. The molecule has 0 bridgehead atoms. The van der Waals surface area contributed by atoms with E-state index in [-0.39, 0.29) is 12.5 Å². The molecule has 0 aliphatic heterocycles. The van der Waals surface area contributed by atoms with Gasteiger partial charge in [-0.3, -0.25) is 9.79 Å². The van der Waals surface area contributed by atoms with Crippen LogP contribution >= 0.6 is 11.8 Å². The van der Waals surface area contributed by atoms with Crippen molar-refractivity contribution >= 4 is 22.8 Å². The Balaban J connectivity index is 2.73. The Hall–Kier alpha value is -1.29. The summed E-state index contributed by atoms with van der Waals surface area (Å²) in [5, 5.41) is 0.859. The zero-order chi connectivity index (χ0) is 12.7. The third-order valence-corrected chi connectivity index (χ3v) is 2.90. The number of thioether (sulfide) groups is 1. The van der Waals surface area contributed by atoms with Crippen LogP contribution < -0.4 is 0 Å². The van der Waals surface area contributed by atoms with Gasteiger partial charge < -0.3 is 4.74 Å². The van der Waals surface area contributed by atoms with Gasteiger partial charge in [-0.1, -0.05) is 29.8 Å². The van der Waals surface area contributed by atoms with Crippen molar-refractivity contribution < 1.29 is 9.53 Å². The minimum absolute atomic E-state index is 0.0812. The number of benzene rings is 1. The maximum atomic E-state index is 11.2. The van der Waals surface area contributed by atoms with E-state index in [1.165, 1.54) is 17.3 Å². The molecule has 0 heterocycles. The number of aliphatic imine (C=N–C) groups is 1. The minimum Gasteiger partial charge on any atom is -0.465 e. The lowest BCUT2D eigenvalue weighted by Crippen LogP contribution is -2.09. The Labute approximate surface area is 106 Å². The summed E-state index contributed by atoms with van der Waals surface area (Å²) < 4.78 is 4.84. The summed E-state index contributed by atoms with van der Waals surface area (Å²) in [5.41, 5.74) is 2.24. The number of carbonyl (C=O) groups is 1. The van der Waals surface area contributed by atoms with Crippen LogP contribution in [0.5, 0.6) is 0 Å². The molecule has 3 nitrogen and oxygen atoms in total. The van der Waals surface area contributed by atoms with Crippen LogP contribution in [-0.4, -0.2) is 30.4 Å². The highest BCUT2D eigenvalue weighted by Gasteiger charge is 2.04. The number of aryl methyl sites for hydroxylation is 1. The van der Waals surface area contributed by atoms with Crippen LogP contribution in [0.2, 0.25) is 0 Å². The van der Waals surface area contributed by atoms with E-state index in [1.54, 1.807) is 6.92 Å². The Morgan fingerprint density at radius 2 is 2.00 bits per heavy atom. The summed E-state index contributed by atoms with van der Waals surface area (Å²) >= 11 is 1.53. The van der Waals surface area contributed by atoms with Crippen LogP contribution in [0.25, 0.3) is 0 Å². The standard InChI is InChI=1S/C13H17NO2S/c1-4-16-12(15)9-14-13(17-3)11-7-5-10(2)6-8-11/h5-8H,4,9H2,1-3H3. The first-order chi connectivity index (χ1) is 8.17. The SMILES string of the molecule is CCOC(=O)CN=C(SC)c1ccc(C)cc1. The molecule has 0 saturated heterocycles. The first-order valence-electron chi connectivity index (χ1n) is 5.48. The molecule has 0 aliphatic rings. The van der Waals surface area contributed by atoms with Crippen LogP contribution in [0.4, 0.5) is 0 Å². The van der Waals surface area contributed by atoms with Gasteiger partial charge in [0.15, 0.2) is 0 Å². The van der Waals surface area contributed by atoms with E-state index >= 15 is 0 Å². The predicted octanol–water partition coefficient (Wildman–Crippen LogP) is 2.67. The Morgan fingerprint density at radius 3 is 2.53 bits per heavy atom. The molecular weight excluding hydrogens is 234 g/mol. The maximum Gasteiger partial charge on any atom is 0.327 e. The second-order valence-electron chi connectivity index (χ2n) is 3.50. The zero-order valence-electron chi connectivity index (χ0n) is 10.4. The molecule has 0 fully saturated rings. The number of hydrogen-bond acceptors (Lipinski definition) is 4. The monoisotopic (exact) mass is 251 g/mol. The van der Waals surface area contributed by atoms with Gasteiger partial charge in [0.05, 0.1) is 11.7 Å². The summed E-state index contributed by atoms with van der Waals surface area (Å²) in [6, 6.07) is 8.09. The fraction of sp³-hybridized carbons (Fsp3) is 0.385. The van der Waals surface area contributed by atoms with Crippen LogP contribution in [0.3, 0.4) is 0 Å². The first kappa shape index (κ1) is 13.8. The van der Waals surface area contributed by atoms with E-state index in [0.717, 1.165) is 10.6 Å². The number of nitrogens with zero attached hydrogens (tertiary/aromatic N) is 1. The smallest absolute Gasteiger partial charge is 0.327 e. The Bertz CT molecular complexity index is 398. The summed E-state index contributed by atoms with van der Waals surface area (Å²) in [5.74, 6) is -0.286. The fourth-order valence-corrected chi connectivity index (χ4v) is 1.88. The molecule has 0 saturated carbocycles. The second kappa shape index (κ2) is 7.12. The number of carbonyl (C=O) groups excluding carboxylic acids is 1. The van der Waals surface area contributed by atoms with Gasteiger partial charge in [-0.15, -0.1) is 11.8 Å². The quantitative estimate of drug-likeness (QED) is 0.469. The second-order valence-corrected chi connectivity index (χ2v) is 4.29. The van der Waals surface area contributed by atoms with Gasteiger partial charge in [0.1, 0.15) is 6.54 Å². The van der Waals surface area contributed by atoms with E-state index in [2.05, 4.69) is 4.99 Å². The molecule has 1 aromatic rings. The van der Waals surface area contributed by atoms with Crippen molar-refractivity contribution in [2.75, 3.05) is 19.4 Å². The molecule has 0 aliphatic carbocycles. The minimum atomic E-state index is -0.286. The largest absolute Gasteiger partial charge is 0.465 e. The molecule has 0 aromatic heterocycles. The first-order valence-corrected chi connectivity index (χ1v) is 6.71. The molecule has 1 rings (SSSR count). The van der Waals surface area contributed by atoms with Crippen molar-refractivity contribution in [2.24, 2.45) is 4.99 Å². The van der Waals surface area contributed by atoms with E-state index in [1.807, 2.05) is 37.4 Å². The van der Waals surface area contributed by atoms with Gasteiger partial charge in [0, 0.05) is 5.56 Å².